The molecule has 1 aromatic carbocycles. The van der Waals surface area contributed by atoms with Crippen LogP contribution in [0.5, 0.6) is 0 Å². The van der Waals surface area contributed by atoms with Gasteiger partial charge >= 0.3 is 0 Å². The molecule has 0 unspecified atom stereocenters. The molecule has 0 saturated heterocycles. The van der Waals surface area contributed by atoms with E-state index in [1.54, 1.807) is 6.07 Å². The van der Waals surface area contributed by atoms with Crippen molar-refractivity contribution in [1.82, 2.24) is 5.01 Å². The van der Waals surface area contributed by atoms with E-state index in [2.05, 4.69) is 26.2 Å². The molecule has 0 atom stereocenters. The summed E-state index contributed by atoms with van der Waals surface area (Å²) in [6.07, 6.45) is 2.97. The molecule has 25 heavy (non-hydrogen) atoms. The van der Waals surface area contributed by atoms with Crippen LogP contribution >= 0.6 is 27.5 Å². The lowest BCUT2D eigenvalue weighted by Crippen LogP contribution is -2.17. The number of hydrogen-bond donors (Lipinski definition) is 0. The number of halogens is 2. The first-order valence-electron chi connectivity index (χ1n) is 7.15. The molecule has 0 radical (unpaired) electrons. The van der Waals surface area contributed by atoms with E-state index < -0.39 is 9.84 Å². The van der Waals surface area contributed by atoms with E-state index in [-0.39, 0.29) is 15.8 Å². The highest BCUT2D eigenvalue weighted by Gasteiger charge is 2.28. The Kier molecular flexibility index (Phi) is 4.74. The second kappa shape index (κ2) is 6.54. The number of hydrogen-bond acceptors (Lipinski definition) is 6. The maximum atomic E-state index is 12.1. The van der Waals surface area contributed by atoms with Gasteiger partial charge in [0, 0.05) is 35.3 Å². The van der Waals surface area contributed by atoms with E-state index in [0.29, 0.717) is 39.9 Å². The van der Waals surface area contributed by atoms with E-state index in [1.165, 1.54) is 24.3 Å². The van der Waals surface area contributed by atoms with Gasteiger partial charge in [-0.2, -0.15) is 5.10 Å². The molecule has 0 spiro atoms. The number of rotatable bonds is 3. The van der Waals surface area contributed by atoms with Gasteiger partial charge in [-0.25, -0.2) is 13.4 Å². The van der Waals surface area contributed by atoms with Crippen molar-refractivity contribution in [2.24, 2.45) is 10.3 Å². The third kappa shape index (κ3) is 3.23. The molecule has 2 aliphatic heterocycles. The van der Waals surface area contributed by atoms with Crippen molar-refractivity contribution in [3.05, 3.63) is 33.9 Å². The Morgan fingerprint density at radius 3 is 2.64 bits per heavy atom. The molecule has 0 saturated carbocycles. The Bertz CT molecular complexity index is 969. The van der Waals surface area contributed by atoms with E-state index >= 15 is 0 Å². The minimum atomic E-state index is -3.53. The molecule has 1 amide bonds. The Morgan fingerprint density at radius 2 is 2.12 bits per heavy atom. The van der Waals surface area contributed by atoms with Crippen LogP contribution in [0.25, 0.3) is 4.48 Å². The lowest BCUT2D eigenvalue weighted by Gasteiger charge is -2.14. The predicted octanol–water partition coefficient (Wildman–Crippen LogP) is 2.43. The fourth-order valence-electron chi connectivity index (χ4n) is 2.51. The minimum Gasteiger partial charge on any atom is -0.395 e. The molecule has 7 nitrogen and oxygen atoms in total. The lowest BCUT2D eigenvalue weighted by molar-refractivity contribution is -0.124. The number of nitrogens with zero attached hydrogens (tertiary/aromatic N) is 3. The molecule has 1 aromatic rings. The van der Waals surface area contributed by atoms with Crippen molar-refractivity contribution >= 4 is 59.7 Å². The number of hydrazone groups is 1. The highest BCUT2D eigenvalue weighted by atomic mass is 79.9. The molecule has 0 N–H and O–H groups in total. The summed E-state index contributed by atoms with van der Waals surface area (Å²) in [5.41, 5.74) is 1.56. The summed E-state index contributed by atoms with van der Waals surface area (Å²) in [5, 5.41) is 9.20. The molecule has 10 heteroatoms. The van der Waals surface area contributed by atoms with Crippen LogP contribution in [0.4, 0.5) is 0 Å². The van der Waals surface area contributed by atoms with Gasteiger partial charge in [0.05, 0.1) is 27.4 Å². The summed E-state index contributed by atoms with van der Waals surface area (Å²) in [6.45, 7) is 0.358. The number of sulfone groups is 1. The zero-order chi connectivity index (χ0) is 18.4. The van der Waals surface area contributed by atoms with Gasteiger partial charge in [0.1, 0.15) is 6.61 Å². The third-order valence-corrected chi connectivity index (χ3v) is 6.14. The first-order valence-corrected chi connectivity index (χ1v) is 10.2. The average molecular weight is 447 g/mol. The monoisotopic (exact) mass is 445 g/mol. The van der Waals surface area contributed by atoms with Gasteiger partial charge in [-0.3, -0.25) is 4.79 Å². The normalized spacial score (nSPS) is 19.3. The second-order valence-electron chi connectivity index (χ2n) is 5.49. The van der Waals surface area contributed by atoms with E-state index in [1.807, 2.05) is 0 Å². The largest absolute Gasteiger partial charge is 0.395 e. The Balaban J connectivity index is 2.25. The Morgan fingerprint density at radius 1 is 1.40 bits per heavy atom. The van der Waals surface area contributed by atoms with Crippen molar-refractivity contribution in [2.45, 2.75) is 11.3 Å². The molecule has 2 heterocycles. The number of carbonyl (C=O) groups is 1. The van der Waals surface area contributed by atoms with Crippen LogP contribution in [0, 0.1) is 0 Å². The predicted molar refractivity (Wildman–Crippen MR) is 98.8 cm³/mol. The smallest absolute Gasteiger partial charge is 0.276 e. The minimum absolute atomic E-state index is 0.0688. The fourth-order valence-corrected chi connectivity index (χ4v) is 4.56. The van der Waals surface area contributed by atoms with Gasteiger partial charge in [-0.05, 0) is 22.0 Å². The Labute approximate surface area is 158 Å². The van der Waals surface area contributed by atoms with Gasteiger partial charge in [0.15, 0.2) is 9.84 Å². The van der Waals surface area contributed by atoms with E-state index in [4.69, 9.17) is 16.4 Å². The number of oxime groups is 1. The molecule has 0 fully saturated rings. The zero-order valence-corrected chi connectivity index (χ0v) is 16.4. The topological polar surface area (TPSA) is 88.4 Å². The van der Waals surface area contributed by atoms with Crippen LogP contribution < -0.4 is 0 Å². The standard InChI is InChI=1S/C15H13BrClN3O4S/c1-20-15(21)9(7-18-20)13(16)8-3-4-11(25(2,22)23)12(14(8)17)10-5-6-24-19-10/h3-4,7H,5-6H2,1-2H3. The first-order chi connectivity index (χ1) is 11.7. The maximum absolute atomic E-state index is 12.1. The number of likely N-dealkylation sites (N-methyl/N-ethyl adjacent to an activating group) is 1. The molecule has 0 aliphatic carbocycles. The van der Waals surface area contributed by atoms with E-state index in [9.17, 15) is 13.2 Å². The van der Waals surface area contributed by atoms with Crippen LogP contribution in [-0.2, 0) is 19.5 Å². The van der Waals surface area contributed by atoms with Crippen LogP contribution in [-0.4, -0.2) is 51.2 Å². The molecule has 2 aliphatic rings. The first kappa shape index (κ1) is 18.1. The van der Waals surface area contributed by atoms with Gasteiger partial charge in [0.25, 0.3) is 5.91 Å². The quantitative estimate of drug-likeness (QED) is 0.667. The van der Waals surface area contributed by atoms with Crippen molar-refractivity contribution < 1.29 is 18.0 Å². The van der Waals surface area contributed by atoms with Crippen LogP contribution in [0.3, 0.4) is 0 Å². The highest BCUT2D eigenvalue weighted by Crippen LogP contribution is 2.38. The van der Waals surface area contributed by atoms with Gasteiger partial charge in [-0.1, -0.05) is 22.8 Å². The van der Waals surface area contributed by atoms with Crippen molar-refractivity contribution in [2.75, 3.05) is 19.9 Å². The lowest BCUT2D eigenvalue weighted by atomic mass is 10.0. The third-order valence-electron chi connectivity index (χ3n) is 3.75. The van der Waals surface area contributed by atoms with Crippen LogP contribution in [0.1, 0.15) is 17.5 Å². The molecule has 0 bridgehead atoms. The summed E-state index contributed by atoms with van der Waals surface area (Å²) >= 11 is 9.91. The molecular formula is C15H13BrClN3O4S. The summed E-state index contributed by atoms with van der Waals surface area (Å²) in [4.78, 5) is 17.2. The van der Waals surface area contributed by atoms with Gasteiger partial charge < -0.3 is 4.84 Å². The maximum Gasteiger partial charge on any atom is 0.276 e. The zero-order valence-electron chi connectivity index (χ0n) is 13.3. The highest BCUT2D eigenvalue weighted by molar-refractivity contribution is 9.15. The van der Waals surface area contributed by atoms with Gasteiger partial charge in [-0.15, -0.1) is 0 Å². The second-order valence-corrected chi connectivity index (χ2v) is 8.65. The Hall–Kier alpha value is -1.71. The fraction of sp³-hybridized carbons (Fsp3) is 0.267. The van der Waals surface area contributed by atoms with E-state index in [0.717, 1.165) is 6.26 Å². The van der Waals surface area contributed by atoms with Crippen molar-refractivity contribution in [3.63, 3.8) is 0 Å². The molecule has 3 rings (SSSR count). The van der Waals surface area contributed by atoms with Crippen molar-refractivity contribution in [1.29, 1.82) is 0 Å². The number of carbonyl (C=O) groups excluding carboxylic acids is 1. The average Bonchev–Trinajstić information content (AvgIpc) is 3.17. The number of amides is 1. The summed E-state index contributed by atoms with van der Waals surface area (Å²) in [5.74, 6) is -0.293. The summed E-state index contributed by atoms with van der Waals surface area (Å²) < 4.78 is 24.7. The number of benzene rings is 1. The van der Waals surface area contributed by atoms with Crippen LogP contribution in [0.15, 0.2) is 32.9 Å². The summed E-state index contributed by atoms with van der Waals surface area (Å²) in [6, 6.07) is 3.00. The summed E-state index contributed by atoms with van der Waals surface area (Å²) in [7, 11) is -1.99. The van der Waals surface area contributed by atoms with Crippen molar-refractivity contribution in [3.8, 4) is 0 Å². The molecule has 132 valence electrons. The molecular weight excluding hydrogens is 434 g/mol. The van der Waals surface area contributed by atoms with Gasteiger partial charge in [0.2, 0.25) is 0 Å². The molecule has 0 aromatic heterocycles. The SMILES string of the molecule is CN1N=CC(=C(Br)c2ccc(S(C)(=O)=O)c(C3=NOCC3)c2Cl)C1=O. The van der Waals surface area contributed by atoms with Crippen LogP contribution in [0.2, 0.25) is 5.02 Å².